The van der Waals surface area contributed by atoms with Crippen LogP contribution in [0.5, 0.6) is 0 Å². The zero-order valence-corrected chi connectivity index (χ0v) is 11.2. The second-order valence-electron chi connectivity index (χ2n) is 4.63. The van der Waals surface area contributed by atoms with Gasteiger partial charge in [-0.05, 0) is 24.1 Å². The first-order chi connectivity index (χ1) is 10.1. The molecule has 0 aliphatic heterocycles. The number of hydrogen-bond acceptors (Lipinski definition) is 4. The number of rotatable bonds is 6. The third-order valence-corrected chi connectivity index (χ3v) is 3.06. The number of nitro benzene ring substituents is 1. The summed E-state index contributed by atoms with van der Waals surface area (Å²) in [4.78, 5) is 10.3. The summed E-state index contributed by atoms with van der Waals surface area (Å²) in [5.74, 6) is -0.671. The molecule has 0 aliphatic carbocycles. The number of halogens is 1. The summed E-state index contributed by atoms with van der Waals surface area (Å²) in [6.07, 6.45) is 0.506. The van der Waals surface area contributed by atoms with Crippen molar-refractivity contribution < 1.29 is 14.4 Å². The molecule has 0 aliphatic rings. The van der Waals surface area contributed by atoms with Crippen LogP contribution in [0, 0.1) is 15.9 Å². The molecule has 0 heterocycles. The lowest BCUT2D eigenvalue weighted by atomic mass is 10.1. The maximum Gasteiger partial charge on any atom is 0.295 e. The van der Waals surface area contributed by atoms with Crippen LogP contribution < -0.4 is 5.32 Å². The van der Waals surface area contributed by atoms with Gasteiger partial charge in [0, 0.05) is 0 Å². The Morgan fingerprint density at radius 3 is 2.57 bits per heavy atom. The van der Waals surface area contributed by atoms with E-state index in [1.807, 2.05) is 30.3 Å². The Morgan fingerprint density at radius 1 is 1.24 bits per heavy atom. The molecular formula is C15H15FN2O3. The maximum atomic E-state index is 13.1. The Hall–Kier alpha value is -2.47. The molecule has 0 bridgehead atoms. The first-order valence-corrected chi connectivity index (χ1v) is 6.45. The highest BCUT2D eigenvalue weighted by molar-refractivity contribution is 5.62. The number of anilines is 1. The molecule has 1 atom stereocenters. The Bertz CT molecular complexity index is 620. The summed E-state index contributed by atoms with van der Waals surface area (Å²) in [5, 5.41) is 23.3. The molecule has 0 spiro atoms. The minimum Gasteiger partial charge on any atom is -0.394 e. The number of nitro groups is 1. The normalized spacial score (nSPS) is 11.9. The van der Waals surface area contributed by atoms with E-state index in [4.69, 9.17) is 0 Å². The van der Waals surface area contributed by atoms with Crippen LogP contribution in [-0.4, -0.2) is 22.7 Å². The lowest BCUT2D eigenvalue weighted by Crippen LogP contribution is -2.26. The zero-order chi connectivity index (χ0) is 15.2. The Balaban J connectivity index is 2.17. The molecule has 2 aromatic rings. The topological polar surface area (TPSA) is 75.4 Å². The molecule has 5 nitrogen and oxygen atoms in total. The monoisotopic (exact) mass is 290 g/mol. The van der Waals surface area contributed by atoms with Crippen molar-refractivity contribution in [2.45, 2.75) is 12.5 Å². The van der Waals surface area contributed by atoms with Crippen LogP contribution in [0.15, 0.2) is 48.5 Å². The van der Waals surface area contributed by atoms with Gasteiger partial charge in [-0.15, -0.1) is 0 Å². The minimum absolute atomic E-state index is 0.191. The van der Waals surface area contributed by atoms with E-state index in [-0.39, 0.29) is 18.0 Å². The molecule has 2 aromatic carbocycles. The maximum absolute atomic E-state index is 13.1. The van der Waals surface area contributed by atoms with E-state index in [1.54, 1.807) is 0 Å². The standard InChI is InChI=1S/C15H15FN2O3/c16-12-6-7-14(15(9-12)18(20)21)17-13(10-19)8-11-4-2-1-3-5-11/h1-7,9,13,17,19H,8,10H2. The first-order valence-electron chi connectivity index (χ1n) is 6.45. The molecular weight excluding hydrogens is 275 g/mol. The van der Waals surface area contributed by atoms with Crippen LogP contribution in [0.1, 0.15) is 5.56 Å². The third kappa shape index (κ3) is 4.00. The van der Waals surface area contributed by atoms with Crippen molar-refractivity contribution in [3.05, 3.63) is 70.0 Å². The minimum atomic E-state index is -0.671. The van der Waals surface area contributed by atoms with E-state index in [1.165, 1.54) is 6.07 Å². The molecule has 110 valence electrons. The largest absolute Gasteiger partial charge is 0.394 e. The van der Waals surface area contributed by atoms with Crippen LogP contribution in [0.4, 0.5) is 15.8 Å². The number of aliphatic hydroxyl groups is 1. The van der Waals surface area contributed by atoms with Gasteiger partial charge < -0.3 is 10.4 Å². The fourth-order valence-electron chi connectivity index (χ4n) is 2.06. The molecule has 21 heavy (non-hydrogen) atoms. The molecule has 6 heteroatoms. The van der Waals surface area contributed by atoms with Gasteiger partial charge in [0.1, 0.15) is 11.5 Å². The van der Waals surface area contributed by atoms with E-state index >= 15 is 0 Å². The summed E-state index contributed by atoms with van der Waals surface area (Å²) in [6.45, 7) is -0.191. The Labute approximate surface area is 121 Å². The molecule has 0 fully saturated rings. The number of aliphatic hydroxyl groups excluding tert-OH is 1. The summed E-state index contributed by atoms with van der Waals surface area (Å²) in [6, 6.07) is 12.4. The van der Waals surface area contributed by atoms with Crippen LogP contribution in [0.3, 0.4) is 0 Å². The number of hydrogen-bond donors (Lipinski definition) is 2. The molecule has 0 aromatic heterocycles. The van der Waals surface area contributed by atoms with Crippen molar-refractivity contribution in [1.82, 2.24) is 0 Å². The van der Waals surface area contributed by atoms with Gasteiger partial charge in [-0.25, -0.2) is 4.39 Å². The van der Waals surface area contributed by atoms with Gasteiger partial charge in [-0.2, -0.15) is 0 Å². The first kappa shape index (κ1) is 14.9. The summed E-state index contributed by atoms with van der Waals surface area (Å²) >= 11 is 0. The molecule has 1 unspecified atom stereocenters. The van der Waals surface area contributed by atoms with Gasteiger partial charge in [-0.3, -0.25) is 10.1 Å². The Kier molecular flexibility index (Phi) is 4.84. The van der Waals surface area contributed by atoms with Crippen molar-refractivity contribution in [3.63, 3.8) is 0 Å². The van der Waals surface area contributed by atoms with Crippen molar-refractivity contribution in [1.29, 1.82) is 0 Å². The lowest BCUT2D eigenvalue weighted by molar-refractivity contribution is -0.384. The highest BCUT2D eigenvalue weighted by Gasteiger charge is 2.18. The van der Waals surface area contributed by atoms with Gasteiger partial charge in [0.05, 0.1) is 23.6 Å². The molecule has 2 rings (SSSR count). The highest BCUT2D eigenvalue weighted by atomic mass is 19.1. The van der Waals surface area contributed by atoms with E-state index in [0.717, 1.165) is 17.7 Å². The molecule has 0 saturated heterocycles. The van der Waals surface area contributed by atoms with Crippen LogP contribution >= 0.6 is 0 Å². The predicted octanol–water partition coefficient (Wildman–Crippen LogP) is 2.75. The van der Waals surface area contributed by atoms with E-state index < -0.39 is 16.8 Å². The van der Waals surface area contributed by atoms with Crippen LogP contribution in [0.2, 0.25) is 0 Å². The van der Waals surface area contributed by atoms with Gasteiger partial charge in [0.25, 0.3) is 5.69 Å². The molecule has 0 saturated carbocycles. The fraction of sp³-hybridized carbons (Fsp3) is 0.200. The second kappa shape index (κ2) is 6.81. The van der Waals surface area contributed by atoms with Gasteiger partial charge in [0.2, 0.25) is 0 Å². The smallest absolute Gasteiger partial charge is 0.295 e. The number of benzene rings is 2. The van der Waals surface area contributed by atoms with Crippen molar-refractivity contribution >= 4 is 11.4 Å². The Morgan fingerprint density at radius 2 is 1.95 bits per heavy atom. The zero-order valence-electron chi connectivity index (χ0n) is 11.2. The quantitative estimate of drug-likeness (QED) is 0.633. The van der Waals surface area contributed by atoms with Crippen LogP contribution in [0.25, 0.3) is 0 Å². The average Bonchev–Trinajstić information content (AvgIpc) is 2.49. The van der Waals surface area contributed by atoms with Crippen molar-refractivity contribution in [2.75, 3.05) is 11.9 Å². The van der Waals surface area contributed by atoms with Gasteiger partial charge in [0.15, 0.2) is 0 Å². The SMILES string of the molecule is O=[N+]([O-])c1cc(F)ccc1NC(CO)Cc1ccccc1. The lowest BCUT2D eigenvalue weighted by Gasteiger charge is -2.17. The van der Waals surface area contributed by atoms with Crippen molar-refractivity contribution in [3.8, 4) is 0 Å². The second-order valence-corrected chi connectivity index (χ2v) is 4.63. The van der Waals surface area contributed by atoms with E-state index in [9.17, 15) is 19.6 Å². The molecule has 2 N–H and O–H groups in total. The van der Waals surface area contributed by atoms with E-state index in [0.29, 0.717) is 6.42 Å². The molecule has 0 amide bonds. The summed E-state index contributed by atoms with van der Waals surface area (Å²) in [5.41, 5.74) is 0.840. The van der Waals surface area contributed by atoms with Crippen LogP contribution in [-0.2, 0) is 6.42 Å². The fourth-order valence-corrected chi connectivity index (χ4v) is 2.06. The summed E-state index contributed by atoms with van der Waals surface area (Å²) < 4.78 is 13.1. The number of nitrogens with zero attached hydrogens (tertiary/aromatic N) is 1. The van der Waals surface area contributed by atoms with Crippen molar-refractivity contribution in [2.24, 2.45) is 0 Å². The predicted molar refractivity (Wildman–Crippen MR) is 77.7 cm³/mol. The highest BCUT2D eigenvalue weighted by Crippen LogP contribution is 2.26. The summed E-state index contributed by atoms with van der Waals surface area (Å²) in [7, 11) is 0. The third-order valence-electron chi connectivity index (χ3n) is 3.06. The molecule has 0 radical (unpaired) electrons. The van der Waals surface area contributed by atoms with Gasteiger partial charge >= 0.3 is 0 Å². The number of nitrogens with one attached hydrogen (secondary N) is 1. The van der Waals surface area contributed by atoms with Gasteiger partial charge in [-0.1, -0.05) is 30.3 Å². The average molecular weight is 290 g/mol. The van der Waals surface area contributed by atoms with E-state index in [2.05, 4.69) is 5.32 Å².